The van der Waals surface area contributed by atoms with E-state index >= 15 is 0 Å². The van der Waals surface area contributed by atoms with E-state index in [4.69, 9.17) is 23.2 Å². The lowest BCUT2D eigenvalue weighted by atomic mass is 10.2. The lowest BCUT2D eigenvalue weighted by molar-refractivity contribution is 0.108. The maximum absolute atomic E-state index is 12.3. The van der Waals surface area contributed by atoms with E-state index in [2.05, 4.69) is 20.7 Å². The first-order valence-electron chi connectivity index (χ1n) is 5.57. The average Bonchev–Trinajstić information content (AvgIpc) is 2.41. The Balaban J connectivity index is 2.41. The molecule has 0 saturated heterocycles. The van der Waals surface area contributed by atoms with Gasteiger partial charge < -0.3 is 0 Å². The molecule has 0 aromatic heterocycles. The van der Waals surface area contributed by atoms with Crippen molar-refractivity contribution in [1.82, 2.24) is 0 Å². The van der Waals surface area contributed by atoms with Crippen molar-refractivity contribution < 1.29 is 13.2 Å². The van der Waals surface area contributed by atoms with Crippen LogP contribution in [0.25, 0.3) is 0 Å². The number of carbonyl (C=O) groups excluding carboxylic acids is 1. The van der Waals surface area contributed by atoms with E-state index in [0.717, 1.165) is 0 Å². The van der Waals surface area contributed by atoms with Gasteiger partial charge in [-0.2, -0.15) is 0 Å². The van der Waals surface area contributed by atoms with Gasteiger partial charge in [0.15, 0.2) is 0 Å². The van der Waals surface area contributed by atoms with Crippen molar-refractivity contribution in [2.24, 2.45) is 0 Å². The normalized spacial score (nSPS) is 11.2. The first kappa shape index (κ1) is 16.3. The van der Waals surface area contributed by atoms with E-state index in [9.17, 15) is 13.2 Å². The van der Waals surface area contributed by atoms with Crippen LogP contribution in [0, 0.1) is 0 Å². The predicted molar refractivity (Wildman–Crippen MR) is 86.6 cm³/mol. The zero-order chi connectivity index (χ0) is 15.6. The third-order valence-electron chi connectivity index (χ3n) is 2.56. The molecule has 1 N–H and O–H groups in total. The Labute approximate surface area is 140 Å². The zero-order valence-corrected chi connectivity index (χ0v) is 14.2. The molecule has 110 valence electrons. The zero-order valence-electron chi connectivity index (χ0n) is 10.3. The summed E-state index contributed by atoms with van der Waals surface area (Å²) >= 11 is 14.4. The number of halogens is 3. The summed E-state index contributed by atoms with van der Waals surface area (Å²) in [7, 11) is -3.83. The van der Waals surface area contributed by atoms with E-state index in [0.29, 0.717) is 9.50 Å². The number of rotatable bonds is 4. The maximum atomic E-state index is 12.3. The van der Waals surface area contributed by atoms with Crippen molar-refractivity contribution in [3.8, 4) is 0 Å². The van der Waals surface area contributed by atoms with Crippen LogP contribution in [0.5, 0.6) is 0 Å². The van der Waals surface area contributed by atoms with Gasteiger partial charge in [-0.3, -0.25) is 9.52 Å². The molecule has 0 amide bonds. The molecule has 2 aromatic carbocycles. The quantitative estimate of drug-likeness (QED) is 0.767. The number of anilines is 1. The Morgan fingerprint density at radius 2 is 1.71 bits per heavy atom. The van der Waals surface area contributed by atoms with E-state index in [-0.39, 0.29) is 16.1 Å². The molecule has 0 aliphatic carbocycles. The Hall–Kier alpha value is -1.08. The van der Waals surface area contributed by atoms with Gasteiger partial charge in [-0.05, 0) is 54.1 Å². The van der Waals surface area contributed by atoms with Gasteiger partial charge in [-0.1, -0.05) is 27.5 Å². The molecule has 0 aliphatic rings. The number of hydrogen-bond acceptors (Lipinski definition) is 3. The summed E-state index contributed by atoms with van der Waals surface area (Å²) in [6, 6.07) is 10.2. The van der Waals surface area contributed by atoms with Crippen LogP contribution >= 0.6 is 39.1 Å². The van der Waals surface area contributed by atoms with Crippen molar-refractivity contribution >= 4 is 60.1 Å². The summed E-state index contributed by atoms with van der Waals surface area (Å²) < 4.78 is 27.5. The molecule has 0 radical (unpaired) electrons. The summed E-state index contributed by atoms with van der Waals surface area (Å²) in [5.41, 5.74) is 0.164. The Bertz CT molecular complexity index is 792. The molecule has 8 heteroatoms. The highest BCUT2D eigenvalue weighted by atomic mass is 79.9. The third-order valence-corrected chi connectivity index (χ3v) is 4.89. The highest BCUT2D eigenvalue weighted by Gasteiger charge is 2.18. The second kappa shape index (κ2) is 6.36. The van der Waals surface area contributed by atoms with Gasteiger partial charge in [0.1, 0.15) is 0 Å². The Morgan fingerprint density at radius 1 is 1.10 bits per heavy atom. The lowest BCUT2D eigenvalue weighted by Gasteiger charge is -2.11. The van der Waals surface area contributed by atoms with E-state index in [1.165, 1.54) is 36.4 Å². The molecular formula is C13H8BrCl2NO3S. The first-order valence-corrected chi connectivity index (χ1v) is 8.60. The standard InChI is InChI=1S/C13H8BrCl2NO3S/c14-8-1-6-12(11(7-8)13(16)18)17-21(19,20)10-4-2-9(15)3-5-10/h1-7,17H. The van der Waals surface area contributed by atoms with Crippen molar-refractivity contribution in [2.75, 3.05) is 4.72 Å². The van der Waals surface area contributed by atoms with E-state index in [1.807, 2.05) is 0 Å². The van der Waals surface area contributed by atoms with Crippen LogP contribution < -0.4 is 4.72 Å². The number of hydrogen-bond donors (Lipinski definition) is 1. The molecule has 2 rings (SSSR count). The smallest absolute Gasteiger partial charge is 0.261 e. The van der Waals surface area contributed by atoms with E-state index < -0.39 is 15.3 Å². The van der Waals surface area contributed by atoms with Crippen molar-refractivity contribution in [1.29, 1.82) is 0 Å². The molecule has 0 saturated carbocycles. The monoisotopic (exact) mass is 407 g/mol. The predicted octanol–water partition coefficient (Wildman–Crippen LogP) is 4.28. The van der Waals surface area contributed by atoms with Crippen molar-refractivity contribution in [3.05, 3.63) is 57.5 Å². The average molecular weight is 409 g/mol. The molecule has 2 aromatic rings. The van der Waals surface area contributed by atoms with Crippen molar-refractivity contribution in [2.45, 2.75) is 4.90 Å². The molecule has 0 unspecified atom stereocenters. The van der Waals surface area contributed by atoms with Gasteiger partial charge in [0.2, 0.25) is 0 Å². The van der Waals surface area contributed by atoms with Gasteiger partial charge in [0.05, 0.1) is 16.1 Å². The second-order valence-electron chi connectivity index (χ2n) is 4.02. The molecule has 21 heavy (non-hydrogen) atoms. The second-order valence-corrected chi connectivity index (χ2v) is 7.40. The largest absolute Gasteiger partial charge is 0.279 e. The SMILES string of the molecule is O=C(Cl)c1cc(Br)ccc1NS(=O)(=O)c1ccc(Cl)cc1. The highest BCUT2D eigenvalue weighted by Crippen LogP contribution is 2.25. The molecule has 0 heterocycles. The van der Waals surface area contributed by atoms with Crippen molar-refractivity contribution in [3.63, 3.8) is 0 Å². The maximum Gasteiger partial charge on any atom is 0.261 e. The molecule has 0 fully saturated rings. The fourth-order valence-electron chi connectivity index (χ4n) is 1.59. The van der Waals surface area contributed by atoms with Crippen LogP contribution in [-0.4, -0.2) is 13.7 Å². The summed E-state index contributed by atoms with van der Waals surface area (Å²) in [5, 5.41) is -0.334. The van der Waals surface area contributed by atoms with Gasteiger partial charge in [0, 0.05) is 9.50 Å². The van der Waals surface area contributed by atoms with Crippen LogP contribution in [0.3, 0.4) is 0 Å². The minimum Gasteiger partial charge on any atom is -0.279 e. The van der Waals surface area contributed by atoms with Crippen LogP contribution in [-0.2, 0) is 10.0 Å². The van der Waals surface area contributed by atoms with Crippen LogP contribution in [0.4, 0.5) is 5.69 Å². The van der Waals surface area contributed by atoms with Gasteiger partial charge >= 0.3 is 0 Å². The summed E-state index contributed by atoms with van der Waals surface area (Å²) in [5.74, 6) is 0. The molecule has 0 atom stereocenters. The van der Waals surface area contributed by atoms with Gasteiger partial charge in [-0.15, -0.1) is 0 Å². The van der Waals surface area contributed by atoms with Crippen LogP contribution in [0.2, 0.25) is 5.02 Å². The van der Waals surface area contributed by atoms with Crippen LogP contribution in [0.15, 0.2) is 51.8 Å². The Morgan fingerprint density at radius 3 is 2.29 bits per heavy atom. The molecular weight excluding hydrogens is 401 g/mol. The fourth-order valence-corrected chi connectivity index (χ4v) is 3.31. The molecule has 4 nitrogen and oxygen atoms in total. The number of carbonyl (C=O) groups is 1. The molecule has 0 bridgehead atoms. The van der Waals surface area contributed by atoms with Gasteiger partial charge in [-0.25, -0.2) is 8.42 Å². The minimum atomic E-state index is -3.83. The first-order chi connectivity index (χ1) is 9.79. The fraction of sp³-hybridized carbons (Fsp3) is 0. The highest BCUT2D eigenvalue weighted by molar-refractivity contribution is 9.10. The van der Waals surface area contributed by atoms with Crippen LogP contribution in [0.1, 0.15) is 10.4 Å². The minimum absolute atomic E-state index is 0.0304. The number of benzene rings is 2. The summed E-state index contributed by atoms with van der Waals surface area (Å²) in [6.45, 7) is 0. The van der Waals surface area contributed by atoms with E-state index in [1.54, 1.807) is 6.07 Å². The summed E-state index contributed by atoms with van der Waals surface area (Å²) in [4.78, 5) is 11.4. The number of nitrogens with one attached hydrogen (secondary N) is 1. The third kappa shape index (κ3) is 3.97. The summed E-state index contributed by atoms with van der Waals surface area (Å²) in [6.07, 6.45) is 0. The van der Waals surface area contributed by atoms with Gasteiger partial charge in [0.25, 0.3) is 15.3 Å². The molecule has 0 spiro atoms. The topological polar surface area (TPSA) is 63.2 Å². The lowest BCUT2D eigenvalue weighted by Crippen LogP contribution is -2.14. The Kier molecular flexibility index (Phi) is 4.93. The number of sulfonamides is 1. The molecule has 0 aliphatic heterocycles.